The summed E-state index contributed by atoms with van der Waals surface area (Å²) in [4.78, 5) is 24.9. The number of aromatic carboxylic acids is 1. The molecule has 9 nitrogen and oxygen atoms in total. The van der Waals surface area contributed by atoms with Crippen molar-refractivity contribution in [3.05, 3.63) is 23.5 Å². The highest BCUT2D eigenvalue weighted by molar-refractivity contribution is 7.87. The van der Waals surface area contributed by atoms with Crippen molar-refractivity contribution in [2.45, 2.75) is 25.3 Å². The molecular formula is C12H18N4O5S. The third-order valence-corrected chi connectivity index (χ3v) is 4.57. The first-order chi connectivity index (χ1) is 10.3. The molecule has 5 N–H and O–H groups in total. The average molecular weight is 330 g/mol. The quantitative estimate of drug-likeness (QED) is 0.661. The van der Waals surface area contributed by atoms with Crippen molar-refractivity contribution in [2.75, 3.05) is 13.1 Å². The molecule has 0 bridgehead atoms. The van der Waals surface area contributed by atoms with Crippen LogP contribution in [0.5, 0.6) is 0 Å². The number of nitrogens with zero attached hydrogens (tertiary/aromatic N) is 2. The Balaban J connectivity index is 2.53. The highest BCUT2D eigenvalue weighted by atomic mass is 32.2. The molecule has 0 aromatic carbocycles. The number of carboxylic acid groups (broad SMARTS) is 1. The van der Waals surface area contributed by atoms with Gasteiger partial charge in [0.15, 0.2) is 0 Å². The summed E-state index contributed by atoms with van der Waals surface area (Å²) < 4.78 is 23.5. The van der Waals surface area contributed by atoms with Gasteiger partial charge in [-0.05, 0) is 25.3 Å². The van der Waals surface area contributed by atoms with E-state index < -0.39 is 27.9 Å². The Morgan fingerprint density at radius 2 is 2.05 bits per heavy atom. The van der Waals surface area contributed by atoms with Crippen LogP contribution in [0.2, 0.25) is 0 Å². The monoisotopic (exact) mass is 330 g/mol. The lowest BCUT2D eigenvalue weighted by atomic mass is 9.95. The summed E-state index contributed by atoms with van der Waals surface area (Å²) in [5.41, 5.74) is 5.20. The lowest BCUT2D eigenvalue weighted by Gasteiger charge is -2.35. The predicted molar refractivity (Wildman–Crippen MR) is 77.3 cm³/mol. The van der Waals surface area contributed by atoms with Crippen LogP contribution in [0.1, 0.15) is 41.4 Å². The fourth-order valence-corrected chi connectivity index (χ4v) is 3.47. The molecule has 1 unspecified atom stereocenters. The zero-order valence-corrected chi connectivity index (χ0v) is 12.6. The smallest absolute Gasteiger partial charge is 0.353 e. The molecule has 1 aromatic heterocycles. The van der Waals surface area contributed by atoms with Gasteiger partial charge in [-0.2, -0.15) is 8.42 Å². The summed E-state index contributed by atoms with van der Waals surface area (Å²) in [6.07, 6.45) is 3.23. The van der Waals surface area contributed by atoms with Crippen molar-refractivity contribution in [3.63, 3.8) is 0 Å². The van der Waals surface area contributed by atoms with E-state index in [1.54, 1.807) is 0 Å². The van der Waals surface area contributed by atoms with Crippen LogP contribution in [0.4, 0.5) is 0 Å². The van der Waals surface area contributed by atoms with Crippen LogP contribution in [0, 0.1) is 0 Å². The number of hydrogen-bond donors (Lipinski definition) is 3. The van der Waals surface area contributed by atoms with Crippen LogP contribution >= 0.6 is 0 Å². The molecular weight excluding hydrogens is 312 g/mol. The summed E-state index contributed by atoms with van der Waals surface area (Å²) in [5, 5.41) is 14.4. The molecule has 1 aliphatic heterocycles. The molecule has 2 rings (SSSR count). The molecule has 122 valence electrons. The van der Waals surface area contributed by atoms with Gasteiger partial charge in [-0.15, -0.1) is 0 Å². The first kappa shape index (κ1) is 16.5. The van der Waals surface area contributed by atoms with Gasteiger partial charge in [-0.25, -0.2) is 13.9 Å². The number of rotatable bonds is 4. The number of carbonyl (C=O) groups excluding carboxylic acids is 1. The number of piperidine rings is 1. The van der Waals surface area contributed by atoms with Crippen LogP contribution in [0.3, 0.4) is 0 Å². The lowest BCUT2D eigenvalue weighted by Crippen LogP contribution is -2.42. The summed E-state index contributed by atoms with van der Waals surface area (Å²) >= 11 is 0. The third-order valence-electron chi connectivity index (χ3n) is 3.72. The van der Waals surface area contributed by atoms with Gasteiger partial charge in [-0.1, -0.05) is 0 Å². The van der Waals surface area contributed by atoms with Gasteiger partial charge < -0.3 is 15.7 Å². The van der Waals surface area contributed by atoms with Gasteiger partial charge >= 0.3 is 16.2 Å². The highest BCUT2D eigenvalue weighted by Crippen LogP contribution is 2.33. The van der Waals surface area contributed by atoms with Crippen LogP contribution in [0.25, 0.3) is 0 Å². The van der Waals surface area contributed by atoms with E-state index in [-0.39, 0.29) is 18.0 Å². The van der Waals surface area contributed by atoms with Gasteiger partial charge in [0.05, 0.1) is 12.6 Å². The molecule has 0 radical (unpaired) electrons. The van der Waals surface area contributed by atoms with E-state index in [2.05, 4.69) is 0 Å². The first-order valence-corrected chi connectivity index (χ1v) is 8.25. The van der Waals surface area contributed by atoms with E-state index in [4.69, 9.17) is 10.9 Å². The number of carboxylic acids is 1. The molecule has 0 spiro atoms. The Hall–Kier alpha value is -1.91. The summed E-state index contributed by atoms with van der Waals surface area (Å²) in [5.74, 6) is -1.72. The highest BCUT2D eigenvalue weighted by Gasteiger charge is 2.33. The minimum Gasteiger partial charge on any atom is -0.477 e. The standard InChI is InChI=1S/C12H18N4O5S/c13-7-10(17)15-5-2-1-3-9(15)8-4-6-16(22(14,20)21)11(8)12(18)19/h4,6,9H,1-3,5,7,13H2,(H,18,19)(H2,14,20,21). The van der Waals surface area contributed by atoms with Crippen LogP contribution < -0.4 is 10.9 Å². The van der Waals surface area contributed by atoms with E-state index in [9.17, 15) is 23.1 Å². The van der Waals surface area contributed by atoms with E-state index in [1.807, 2.05) is 0 Å². The van der Waals surface area contributed by atoms with Gasteiger partial charge in [0.25, 0.3) is 0 Å². The number of carbonyl (C=O) groups is 2. The number of aromatic nitrogens is 1. The number of nitrogens with two attached hydrogens (primary N) is 2. The molecule has 1 saturated heterocycles. The zero-order valence-electron chi connectivity index (χ0n) is 11.8. The second kappa shape index (κ2) is 6.07. The van der Waals surface area contributed by atoms with Crippen molar-refractivity contribution >= 4 is 22.1 Å². The molecule has 22 heavy (non-hydrogen) atoms. The maximum Gasteiger partial charge on any atom is 0.353 e. The van der Waals surface area contributed by atoms with Crippen LogP contribution in [-0.4, -0.2) is 47.4 Å². The maximum absolute atomic E-state index is 11.9. The van der Waals surface area contributed by atoms with Crippen molar-refractivity contribution in [2.24, 2.45) is 10.9 Å². The molecule has 1 fully saturated rings. The fourth-order valence-electron chi connectivity index (χ4n) is 2.80. The second-order valence-electron chi connectivity index (χ2n) is 5.07. The molecule has 1 amide bonds. The number of amides is 1. The molecule has 0 saturated carbocycles. The Morgan fingerprint density at radius 3 is 2.59 bits per heavy atom. The number of likely N-dealkylation sites (tertiary alicyclic amines) is 1. The second-order valence-corrected chi connectivity index (χ2v) is 6.49. The SMILES string of the molecule is NCC(=O)N1CCCCC1c1ccn(S(N)(=O)=O)c1C(=O)O. The minimum atomic E-state index is -4.23. The molecule has 1 aliphatic rings. The molecule has 2 heterocycles. The Bertz CT molecular complexity index is 696. The maximum atomic E-state index is 11.9. The van der Waals surface area contributed by atoms with Gasteiger partial charge in [-0.3, -0.25) is 4.79 Å². The molecule has 0 aliphatic carbocycles. The molecule has 10 heteroatoms. The Kier molecular flexibility index (Phi) is 4.54. The largest absolute Gasteiger partial charge is 0.477 e. The zero-order chi connectivity index (χ0) is 16.5. The summed E-state index contributed by atoms with van der Waals surface area (Å²) in [7, 11) is -4.23. The molecule has 1 aromatic rings. The Labute approximate surface area is 127 Å². The van der Waals surface area contributed by atoms with Crippen LogP contribution in [0.15, 0.2) is 12.3 Å². The van der Waals surface area contributed by atoms with Crippen molar-refractivity contribution < 1.29 is 23.1 Å². The van der Waals surface area contributed by atoms with Crippen molar-refractivity contribution in [1.29, 1.82) is 0 Å². The topological polar surface area (TPSA) is 149 Å². The first-order valence-electron chi connectivity index (χ1n) is 6.74. The van der Waals surface area contributed by atoms with Crippen LogP contribution in [-0.2, 0) is 15.0 Å². The fraction of sp³-hybridized carbons (Fsp3) is 0.500. The van der Waals surface area contributed by atoms with E-state index in [1.165, 1.54) is 11.0 Å². The van der Waals surface area contributed by atoms with E-state index in [0.717, 1.165) is 19.0 Å². The normalized spacial score (nSPS) is 19.2. The average Bonchev–Trinajstić information content (AvgIpc) is 2.91. The summed E-state index contributed by atoms with van der Waals surface area (Å²) in [6, 6.07) is 0.861. The van der Waals surface area contributed by atoms with Gasteiger partial charge in [0.2, 0.25) is 5.91 Å². The lowest BCUT2D eigenvalue weighted by molar-refractivity contribution is -0.133. The number of hydrogen-bond acceptors (Lipinski definition) is 5. The van der Waals surface area contributed by atoms with Gasteiger partial charge in [0.1, 0.15) is 5.69 Å². The Morgan fingerprint density at radius 1 is 1.36 bits per heavy atom. The summed E-state index contributed by atoms with van der Waals surface area (Å²) in [6.45, 7) is 0.273. The third kappa shape index (κ3) is 2.98. The molecule has 1 atom stereocenters. The predicted octanol–water partition coefficient (Wildman–Crippen LogP) is -0.750. The van der Waals surface area contributed by atoms with E-state index in [0.29, 0.717) is 16.9 Å². The van der Waals surface area contributed by atoms with E-state index >= 15 is 0 Å². The van der Waals surface area contributed by atoms with Crippen molar-refractivity contribution in [3.8, 4) is 0 Å². The van der Waals surface area contributed by atoms with Gasteiger partial charge in [0, 0.05) is 18.3 Å². The van der Waals surface area contributed by atoms with Crippen molar-refractivity contribution in [1.82, 2.24) is 8.87 Å². The minimum absolute atomic E-state index is 0.186.